The zero-order valence-corrected chi connectivity index (χ0v) is 12.3. The highest BCUT2D eigenvalue weighted by atomic mass is 16.5. The maximum Gasteiger partial charge on any atom is 0.326 e. The van der Waals surface area contributed by atoms with Gasteiger partial charge in [0.15, 0.2) is 0 Å². The summed E-state index contributed by atoms with van der Waals surface area (Å²) in [4.78, 5) is 18.2. The molecule has 1 aromatic heterocycles. The van der Waals surface area contributed by atoms with Gasteiger partial charge >= 0.3 is 6.03 Å². The number of rotatable bonds is 5. The lowest BCUT2D eigenvalue weighted by Gasteiger charge is -2.35. The number of nitrogens with one attached hydrogen (secondary N) is 1. The van der Waals surface area contributed by atoms with Gasteiger partial charge in [-0.15, -0.1) is 0 Å². The summed E-state index contributed by atoms with van der Waals surface area (Å²) in [6, 6.07) is 0.246. The summed E-state index contributed by atoms with van der Waals surface area (Å²) in [6.45, 7) is 8.54. The number of hydrogen-bond acceptors (Lipinski definition) is 4. The zero-order chi connectivity index (χ0) is 14.4. The second-order valence-corrected chi connectivity index (χ2v) is 5.59. The van der Waals surface area contributed by atoms with Crippen molar-refractivity contribution in [1.82, 2.24) is 19.8 Å². The highest BCUT2D eigenvalue weighted by molar-refractivity contribution is 5.76. The van der Waals surface area contributed by atoms with Crippen LogP contribution < -0.4 is 5.32 Å². The lowest BCUT2D eigenvalue weighted by molar-refractivity contribution is 0.0129. The fraction of sp³-hybridized carbons (Fsp3) is 0.714. The molecule has 1 unspecified atom stereocenters. The minimum atomic E-state index is -0.121. The van der Waals surface area contributed by atoms with E-state index in [4.69, 9.17) is 4.74 Å². The highest BCUT2D eigenvalue weighted by Crippen LogP contribution is 2.13. The molecule has 1 aromatic rings. The summed E-state index contributed by atoms with van der Waals surface area (Å²) >= 11 is 0. The Morgan fingerprint density at radius 3 is 2.75 bits per heavy atom. The van der Waals surface area contributed by atoms with Crippen molar-refractivity contribution in [2.45, 2.75) is 26.3 Å². The van der Waals surface area contributed by atoms with Gasteiger partial charge in [-0.05, 0) is 12.3 Å². The van der Waals surface area contributed by atoms with E-state index in [1.807, 2.05) is 0 Å². The molecule has 0 radical (unpaired) electrons. The molecule has 1 N–H and O–H groups in total. The number of amides is 1. The van der Waals surface area contributed by atoms with E-state index in [2.05, 4.69) is 29.0 Å². The van der Waals surface area contributed by atoms with Crippen LogP contribution in [-0.4, -0.2) is 59.4 Å². The van der Waals surface area contributed by atoms with Crippen molar-refractivity contribution in [3.8, 4) is 0 Å². The van der Waals surface area contributed by atoms with Crippen LogP contribution in [0.15, 0.2) is 18.7 Å². The Balaban J connectivity index is 1.88. The van der Waals surface area contributed by atoms with Gasteiger partial charge in [0.05, 0.1) is 13.2 Å². The predicted molar refractivity (Wildman–Crippen MR) is 76.7 cm³/mol. The van der Waals surface area contributed by atoms with Crippen LogP contribution in [0.25, 0.3) is 0 Å². The summed E-state index contributed by atoms with van der Waals surface area (Å²) in [6.07, 6.45) is 5.85. The molecule has 2 heterocycles. The molecule has 1 fully saturated rings. The van der Waals surface area contributed by atoms with Crippen LogP contribution in [0.5, 0.6) is 0 Å². The quantitative estimate of drug-likeness (QED) is 0.880. The molecular formula is C14H24N4O2. The van der Waals surface area contributed by atoms with E-state index in [9.17, 15) is 4.79 Å². The van der Waals surface area contributed by atoms with Crippen molar-refractivity contribution in [2.75, 3.05) is 32.8 Å². The first kappa shape index (κ1) is 15.0. The van der Waals surface area contributed by atoms with Gasteiger partial charge in [0.25, 0.3) is 0 Å². The Kier molecular flexibility index (Phi) is 5.55. The maximum absolute atomic E-state index is 11.9. The molecular weight excluding hydrogens is 256 g/mol. The van der Waals surface area contributed by atoms with Gasteiger partial charge in [-0.2, -0.15) is 0 Å². The minimum absolute atomic E-state index is 0.121. The van der Waals surface area contributed by atoms with Crippen LogP contribution in [0.1, 0.15) is 20.3 Å². The highest BCUT2D eigenvalue weighted by Gasteiger charge is 2.22. The smallest absolute Gasteiger partial charge is 0.326 e. The molecule has 20 heavy (non-hydrogen) atoms. The van der Waals surface area contributed by atoms with E-state index >= 15 is 0 Å². The van der Waals surface area contributed by atoms with Gasteiger partial charge in [-0.25, -0.2) is 9.78 Å². The van der Waals surface area contributed by atoms with Crippen LogP contribution in [0.2, 0.25) is 0 Å². The molecule has 0 aliphatic carbocycles. The molecule has 1 aliphatic heterocycles. The van der Waals surface area contributed by atoms with E-state index in [-0.39, 0.29) is 6.03 Å². The Morgan fingerprint density at radius 1 is 1.40 bits per heavy atom. The number of carbonyl (C=O) groups is 1. The fourth-order valence-corrected chi connectivity index (χ4v) is 2.52. The summed E-state index contributed by atoms with van der Waals surface area (Å²) in [5.74, 6) is 0.605. The Bertz CT molecular complexity index is 399. The van der Waals surface area contributed by atoms with E-state index < -0.39 is 0 Å². The van der Waals surface area contributed by atoms with E-state index in [1.54, 1.807) is 12.4 Å². The van der Waals surface area contributed by atoms with Crippen molar-refractivity contribution < 1.29 is 9.53 Å². The molecule has 1 atom stereocenters. The van der Waals surface area contributed by atoms with Gasteiger partial charge in [0.1, 0.15) is 6.33 Å². The molecule has 1 amide bonds. The summed E-state index contributed by atoms with van der Waals surface area (Å²) in [5, 5.41) is 2.99. The lowest BCUT2D eigenvalue weighted by Crippen LogP contribution is -2.49. The topological polar surface area (TPSA) is 59.4 Å². The van der Waals surface area contributed by atoms with Gasteiger partial charge in [0.2, 0.25) is 0 Å². The van der Waals surface area contributed by atoms with Gasteiger partial charge < -0.3 is 10.1 Å². The van der Waals surface area contributed by atoms with Crippen molar-refractivity contribution in [2.24, 2.45) is 5.92 Å². The monoisotopic (exact) mass is 280 g/mol. The van der Waals surface area contributed by atoms with Crippen molar-refractivity contribution in [3.63, 3.8) is 0 Å². The maximum atomic E-state index is 11.9. The Labute approximate surface area is 120 Å². The molecule has 0 saturated carbocycles. The van der Waals surface area contributed by atoms with E-state index in [1.165, 1.54) is 10.9 Å². The van der Waals surface area contributed by atoms with E-state index in [0.717, 1.165) is 32.7 Å². The molecule has 112 valence electrons. The zero-order valence-electron chi connectivity index (χ0n) is 12.3. The Morgan fingerprint density at radius 2 is 2.15 bits per heavy atom. The van der Waals surface area contributed by atoms with Crippen molar-refractivity contribution in [1.29, 1.82) is 0 Å². The first-order chi connectivity index (χ1) is 9.66. The predicted octanol–water partition coefficient (Wildman–Crippen LogP) is 1.19. The van der Waals surface area contributed by atoms with Gasteiger partial charge in [-0.1, -0.05) is 13.8 Å². The standard InChI is InChI=1S/C14H24N4O2/c1-12(2)9-13(17-5-7-20-8-6-17)10-16-14(19)18-4-3-15-11-18/h3-4,11-13H,5-10H2,1-2H3,(H,16,19). The van der Waals surface area contributed by atoms with Crippen molar-refractivity contribution in [3.05, 3.63) is 18.7 Å². The Hall–Kier alpha value is -1.40. The molecule has 6 heteroatoms. The van der Waals surface area contributed by atoms with Gasteiger partial charge in [0, 0.05) is 38.1 Å². The van der Waals surface area contributed by atoms with Crippen molar-refractivity contribution >= 4 is 6.03 Å². The largest absolute Gasteiger partial charge is 0.379 e. The van der Waals surface area contributed by atoms with Crippen LogP contribution in [0, 0.1) is 5.92 Å². The third-order valence-electron chi connectivity index (χ3n) is 3.53. The number of imidazole rings is 1. The number of nitrogens with zero attached hydrogens (tertiary/aromatic N) is 3. The summed E-state index contributed by atoms with van der Waals surface area (Å²) in [5.41, 5.74) is 0. The van der Waals surface area contributed by atoms with Crippen LogP contribution in [0.4, 0.5) is 4.79 Å². The molecule has 0 aromatic carbocycles. The molecule has 2 rings (SSSR count). The third-order valence-corrected chi connectivity index (χ3v) is 3.53. The average Bonchev–Trinajstić information content (AvgIpc) is 2.98. The minimum Gasteiger partial charge on any atom is -0.379 e. The first-order valence-corrected chi connectivity index (χ1v) is 7.24. The fourth-order valence-electron chi connectivity index (χ4n) is 2.52. The van der Waals surface area contributed by atoms with Gasteiger partial charge in [-0.3, -0.25) is 9.47 Å². The van der Waals surface area contributed by atoms with Crippen LogP contribution in [0.3, 0.4) is 0 Å². The first-order valence-electron chi connectivity index (χ1n) is 7.24. The number of aromatic nitrogens is 2. The van der Waals surface area contributed by atoms with Crippen LogP contribution in [-0.2, 0) is 4.74 Å². The van der Waals surface area contributed by atoms with Crippen LogP contribution >= 0.6 is 0 Å². The summed E-state index contributed by atoms with van der Waals surface area (Å²) < 4.78 is 6.86. The van der Waals surface area contributed by atoms with E-state index in [0.29, 0.717) is 18.5 Å². The molecule has 1 aliphatic rings. The molecule has 0 bridgehead atoms. The normalized spacial score (nSPS) is 18.1. The molecule has 1 saturated heterocycles. The second kappa shape index (κ2) is 7.40. The second-order valence-electron chi connectivity index (χ2n) is 5.59. The third kappa shape index (κ3) is 4.31. The SMILES string of the molecule is CC(C)CC(CNC(=O)n1ccnc1)N1CCOCC1. The average molecular weight is 280 g/mol. The number of morpholine rings is 1. The lowest BCUT2D eigenvalue weighted by atomic mass is 10.0. The number of carbonyl (C=O) groups excluding carboxylic acids is 1. The summed E-state index contributed by atoms with van der Waals surface area (Å²) in [7, 11) is 0. The number of hydrogen-bond donors (Lipinski definition) is 1. The number of ether oxygens (including phenoxy) is 1. The molecule has 0 spiro atoms. The molecule has 6 nitrogen and oxygen atoms in total.